The smallest absolute Gasteiger partial charge is 0.230 e. The zero-order valence-corrected chi connectivity index (χ0v) is 10.7. The topological polar surface area (TPSA) is 82.9 Å². The van der Waals surface area contributed by atoms with Crippen LogP contribution in [-0.2, 0) is 4.79 Å². The number of ketones is 1. The van der Waals surface area contributed by atoms with Crippen LogP contribution < -0.4 is 5.32 Å². The number of nitrogens with one attached hydrogen (secondary N) is 1. The lowest BCUT2D eigenvalue weighted by Gasteiger charge is -2.17. The lowest BCUT2D eigenvalue weighted by molar-refractivity contribution is -0.123. The van der Waals surface area contributed by atoms with Crippen molar-refractivity contribution in [1.29, 1.82) is 5.26 Å². The van der Waals surface area contributed by atoms with E-state index < -0.39 is 5.41 Å². The van der Waals surface area contributed by atoms with Crippen molar-refractivity contribution in [3.63, 3.8) is 0 Å². The van der Waals surface area contributed by atoms with Gasteiger partial charge in [0, 0.05) is 17.2 Å². The Hall–Kier alpha value is -2.22. The van der Waals surface area contributed by atoms with Crippen LogP contribution in [-0.4, -0.2) is 16.7 Å². The first-order valence-electron chi connectivity index (χ1n) is 5.52. The first-order chi connectivity index (χ1) is 8.34. The molecule has 0 fully saturated rings. The first-order valence-corrected chi connectivity index (χ1v) is 5.52. The summed E-state index contributed by atoms with van der Waals surface area (Å²) in [5.41, 5.74) is -0.162. The second kappa shape index (κ2) is 5.41. The summed E-state index contributed by atoms with van der Waals surface area (Å²) in [7, 11) is 0. The molecule has 18 heavy (non-hydrogen) atoms. The lowest BCUT2D eigenvalue weighted by atomic mass is 9.96. The van der Waals surface area contributed by atoms with E-state index >= 15 is 0 Å². The Kier molecular flexibility index (Phi) is 4.16. The van der Waals surface area contributed by atoms with E-state index in [-0.39, 0.29) is 18.1 Å². The predicted octanol–water partition coefficient (Wildman–Crippen LogP) is 2.16. The minimum atomic E-state index is -0.533. The van der Waals surface area contributed by atoms with Crippen molar-refractivity contribution in [2.75, 3.05) is 5.32 Å². The van der Waals surface area contributed by atoms with Crippen molar-refractivity contribution in [3.8, 4) is 6.07 Å². The number of carbonyl (C=O) groups excluding carboxylic acids is 2. The van der Waals surface area contributed by atoms with Crippen molar-refractivity contribution in [1.82, 2.24) is 4.98 Å². The van der Waals surface area contributed by atoms with Crippen molar-refractivity contribution in [3.05, 3.63) is 23.9 Å². The number of nitrogens with zero attached hydrogens (tertiary/aromatic N) is 2. The molecule has 1 heterocycles. The SMILES string of the molecule is CC(C)(C)C(=O)Nc1cc(C(=O)CC#N)ccn1. The zero-order valence-electron chi connectivity index (χ0n) is 10.7. The van der Waals surface area contributed by atoms with Crippen LogP contribution in [0.5, 0.6) is 0 Å². The van der Waals surface area contributed by atoms with E-state index in [0.717, 1.165) is 0 Å². The molecule has 0 saturated carbocycles. The average molecular weight is 245 g/mol. The Balaban J connectivity index is 2.87. The van der Waals surface area contributed by atoms with Gasteiger partial charge in [-0.15, -0.1) is 0 Å². The summed E-state index contributed by atoms with van der Waals surface area (Å²) in [6, 6.07) is 4.79. The van der Waals surface area contributed by atoms with Crippen LogP contribution in [0.25, 0.3) is 0 Å². The third-order valence-electron chi connectivity index (χ3n) is 2.24. The Bertz CT molecular complexity index is 510. The summed E-state index contributed by atoms with van der Waals surface area (Å²) in [5, 5.41) is 11.1. The highest BCUT2D eigenvalue weighted by atomic mass is 16.2. The monoisotopic (exact) mass is 245 g/mol. The molecule has 1 N–H and O–H groups in total. The van der Waals surface area contributed by atoms with Crippen LogP contribution in [0, 0.1) is 16.7 Å². The fourth-order valence-corrected chi connectivity index (χ4v) is 1.15. The van der Waals surface area contributed by atoms with Gasteiger partial charge in [0.1, 0.15) is 5.82 Å². The molecule has 0 aromatic carbocycles. The minimum absolute atomic E-state index is 0.181. The molecule has 0 aliphatic heterocycles. The number of hydrogen-bond donors (Lipinski definition) is 1. The fraction of sp³-hybridized carbons (Fsp3) is 0.385. The molecule has 1 aromatic rings. The highest BCUT2D eigenvalue weighted by Crippen LogP contribution is 2.17. The summed E-state index contributed by atoms with van der Waals surface area (Å²) in [6.07, 6.45) is 1.25. The minimum Gasteiger partial charge on any atom is -0.310 e. The second-order valence-corrected chi connectivity index (χ2v) is 4.89. The van der Waals surface area contributed by atoms with Crippen LogP contribution in [0.3, 0.4) is 0 Å². The van der Waals surface area contributed by atoms with Gasteiger partial charge >= 0.3 is 0 Å². The number of Topliss-reactive ketones (excluding diaryl/α,β-unsaturated/α-hetero) is 1. The van der Waals surface area contributed by atoms with Crippen molar-refractivity contribution < 1.29 is 9.59 Å². The van der Waals surface area contributed by atoms with Crippen LogP contribution in [0.4, 0.5) is 5.82 Å². The van der Waals surface area contributed by atoms with Gasteiger partial charge in [0.2, 0.25) is 5.91 Å². The first kappa shape index (κ1) is 13.8. The molecule has 0 radical (unpaired) electrons. The molecule has 0 atom stereocenters. The fourth-order valence-electron chi connectivity index (χ4n) is 1.15. The van der Waals surface area contributed by atoms with Gasteiger partial charge in [-0.05, 0) is 12.1 Å². The highest BCUT2D eigenvalue weighted by molar-refractivity contribution is 5.99. The Morgan fingerprint density at radius 3 is 2.67 bits per heavy atom. The summed E-state index contributed by atoms with van der Waals surface area (Å²) in [4.78, 5) is 27.2. The molecule has 0 saturated heterocycles. The van der Waals surface area contributed by atoms with E-state index in [1.54, 1.807) is 26.8 Å². The number of hydrogen-bond acceptors (Lipinski definition) is 4. The van der Waals surface area contributed by atoms with E-state index in [9.17, 15) is 9.59 Å². The zero-order chi connectivity index (χ0) is 13.8. The quantitative estimate of drug-likeness (QED) is 0.827. The highest BCUT2D eigenvalue weighted by Gasteiger charge is 2.21. The number of aromatic nitrogens is 1. The van der Waals surface area contributed by atoms with Gasteiger partial charge in [0.05, 0.1) is 12.5 Å². The third kappa shape index (κ3) is 3.67. The average Bonchev–Trinajstić information content (AvgIpc) is 2.28. The number of carbonyl (C=O) groups is 2. The Morgan fingerprint density at radius 2 is 2.11 bits per heavy atom. The summed E-state index contributed by atoms with van der Waals surface area (Å²) < 4.78 is 0. The van der Waals surface area contributed by atoms with Gasteiger partial charge in [0.25, 0.3) is 0 Å². The molecule has 0 spiro atoms. The second-order valence-electron chi connectivity index (χ2n) is 4.89. The lowest BCUT2D eigenvalue weighted by Crippen LogP contribution is -2.28. The Labute approximate surface area is 106 Å². The van der Waals surface area contributed by atoms with E-state index in [1.165, 1.54) is 18.3 Å². The van der Waals surface area contributed by atoms with Gasteiger partial charge < -0.3 is 5.32 Å². The van der Waals surface area contributed by atoms with Crippen LogP contribution in [0.2, 0.25) is 0 Å². The molecule has 0 bridgehead atoms. The van der Waals surface area contributed by atoms with Crippen LogP contribution >= 0.6 is 0 Å². The molecule has 5 heteroatoms. The number of anilines is 1. The molecule has 0 aliphatic rings. The van der Waals surface area contributed by atoms with E-state index in [1.807, 2.05) is 0 Å². The van der Waals surface area contributed by atoms with E-state index in [2.05, 4.69) is 10.3 Å². The number of rotatable bonds is 3. The largest absolute Gasteiger partial charge is 0.310 e. The molecular formula is C13H15N3O2. The van der Waals surface area contributed by atoms with E-state index in [4.69, 9.17) is 5.26 Å². The number of pyridine rings is 1. The Morgan fingerprint density at radius 1 is 1.44 bits per heavy atom. The molecule has 1 amide bonds. The van der Waals surface area contributed by atoms with Gasteiger partial charge in [-0.2, -0.15) is 5.26 Å². The maximum atomic E-state index is 11.8. The molecule has 94 valence electrons. The van der Waals surface area contributed by atoms with Crippen molar-refractivity contribution >= 4 is 17.5 Å². The summed E-state index contributed by atoms with van der Waals surface area (Å²) in [6.45, 7) is 5.35. The molecule has 1 rings (SSSR count). The maximum Gasteiger partial charge on any atom is 0.230 e. The standard InChI is InChI=1S/C13H15N3O2/c1-13(2,3)12(18)16-11-8-9(5-7-15-11)10(17)4-6-14/h5,7-8H,4H2,1-3H3,(H,15,16,18). The van der Waals surface area contributed by atoms with Crippen molar-refractivity contribution in [2.24, 2.45) is 5.41 Å². The van der Waals surface area contributed by atoms with Crippen LogP contribution in [0.1, 0.15) is 37.6 Å². The normalized spacial score (nSPS) is 10.6. The molecule has 1 aromatic heterocycles. The van der Waals surface area contributed by atoms with Crippen molar-refractivity contribution in [2.45, 2.75) is 27.2 Å². The molecule has 5 nitrogen and oxygen atoms in total. The van der Waals surface area contributed by atoms with Crippen LogP contribution in [0.15, 0.2) is 18.3 Å². The van der Waals surface area contributed by atoms with Gasteiger partial charge in [-0.3, -0.25) is 9.59 Å². The van der Waals surface area contributed by atoms with E-state index in [0.29, 0.717) is 11.4 Å². The number of nitriles is 1. The summed E-state index contributed by atoms with van der Waals surface area (Å²) in [5.74, 6) is -0.148. The molecule has 0 aliphatic carbocycles. The third-order valence-corrected chi connectivity index (χ3v) is 2.24. The van der Waals surface area contributed by atoms with Gasteiger partial charge in [0.15, 0.2) is 5.78 Å². The molecular weight excluding hydrogens is 230 g/mol. The van der Waals surface area contributed by atoms with Gasteiger partial charge in [-0.1, -0.05) is 20.8 Å². The van der Waals surface area contributed by atoms with Gasteiger partial charge in [-0.25, -0.2) is 4.98 Å². The summed E-state index contributed by atoms with van der Waals surface area (Å²) >= 11 is 0. The predicted molar refractivity (Wildman–Crippen MR) is 66.9 cm³/mol. The molecule has 0 unspecified atom stereocenters. The number of amides is 1. The maximum absolute atomic E-state index is 11.8.